The first-order valence-electron chi connectivity index (χ1n) is 8.51. The molecule has 9 heteroatoms. The number of fused-ring (bicyclic) bond motifs is 1. The van der Waals surface area contributed by atoms with Gasteiger partial charge in [0.2, 0.25) is 11.8 Å². The lowest BCUT2D eigenvalue weighted by molar-refractivity contribution is -0.122. The molecule has 0 saturated carbocycles. The second kappa shape index (κ2) is 9.02. The van der Waals surface area contributed by atoms with Gasteiger partial charge < -0.3 is 10.6 Å². The molecule has 0 saturated heterocycles. The molecule has 1 aromatic carbocycles. The molecule has 3 rings (SSSR count). The van der Waals surface area contributed by atoms with Crippen LogP contribution >= 0.6 is 39.0 Å². The Morgan fingerprint density at radius 1 is 1.18 bits per heavy atom. The SMILES string of the molecule is Cc1cc(Br)ccc1NC(=O)CNC(=O)CSc1ncnc2sc(C)c(C)c12. The zero-order valence-electron chi connectivity index (χ0n) is 15.6. The minimum Gasteiger partial charge on any atom is -0.346 e. The Morgan fingerprint density at radius 3 is 2.71 bits per heavy atom. The molecule has 0 bridgehead atoms. The Morgan fingerprint density at radius 2 is 1.96 bits per heavy atom. The fraction of sp³-hybridized carbons (Fsp3) is 0.263. The van der Waals surface area contributed by atoms with E-state index in [4.69, 9.17) is 0 Å². The van der Waals surface area contributed by atoms with E-state index in [1.165, 1.54) is 23.0 Å². The number of nitrogens with zero attached hydrogens (tertiary/aromatic N) is 2. The van der Waals surface area contributed by atoms with E-state index in [2.05, 4.69) is 43.5 Å². The average Bonchev–Trinajstić information content (AvgIpc) is 2.95. The number of thioether (sulfide) groups is 1. The summed E-state index contributed by atoms with van der Waals surface area (Å²) in [7, 11) is 0. The third-order valence-corrected chi connectivity index (χ3v) is 6.78. The number of amides is 2. The third kappa shape index (κ3) is 4.89. The van der Waals surface area contributed by atoms with Gasteiger partial charge in [0.1, 0.15) is 16.2 Å². The van der Waals surface area contributed by atoms with E-state index in [1.807, 2.05) is 32.0 Å². The lowest BCUT2D eigenvalue weighted by Crippen LogP contribution is -2.34. The van der Waals surface area contributed by atoms with Crippen LogP contribution in [-0.2, 0) is 9.59 Å². The van der Waals surface area contributed by atoms with Crippen molar-refractivity contribution >= 4 is 66.7 Å². The molecule has 2 aromatic heterocycles. The first-order valence-corrected chi connectivity index (χ1v) is 11.1. The number of benzene rings is 1. The summed E-state index contributed by atoms with van der Waals surface area (Å²) in [5.74, 6) is -0.299. The van der Waals surface area contributed by atoms with Crippen molar-refractivity contribution in [1.29, 1.82) is 0 Å². The number of rotatable bonds is 6. The molecule has 28 heavy (non-hydrogen) atoms. The molecule has 0 atom stereocenters. The molecule has 0 spiro atoms. The van der Waals surface area contributed by atoms with Crippen molar-refractivity contribution in [2.45, 2.75) is 25.8 Å². The second-order valence-electron chi connectivity index (χ2n) is 6.22. The smallest absolute Gasteiger partial charge is 0.243 e. The highest BCUT2D eigenvalue weighted by atomic mass is 79.9. The molecule has 0 aliphatic rings. The highest BCUT2D eigenvalue weighted by molar-refractivity contribution is 9.10. The molecule has 3 aromatic rings. The van der Waals surface area contributed by atoms with Gasteiger partial charge in [-0.25, -0.2) is 9.97 Å². The lowest BCUT2D eigenvalue weighted by atomic mass is 10.2. The number of aromatic nitrogens is 2. The maximum absolute atomic E-state index is 12.2. The molecule has 0 radical (unpaired) electrons. The van der Waals surface area contributed by atoms with E-state index in [1.54, 1.807) is 11.3 Å². The predicted molar refractivity (Wildman–Crippen MR) is 118 cm³/mol. The van der Waals surface area contributed by atoms with Crippen LogP contribution < -0.4 is 10.6 Å². The van der Waals surface area contributed by atoms with Crippen molar-refractivity contribution in [2.75, 3.05) is 17.6 Å². The van der Waals surface area contributed by atoms with Crippen LogP contribution in [0.1, 0.15) is 16.0 Å². The number of thiophene rings is 1. The summed E-state index contributed by atoms with van der Waals surface area (Å²) < 4.78 is 0.947. The van der Waals surface area contributed by atoms with Crippen molar-refractivity contribution in [2.24, 2.45) is 0 Å². The van der Waals surface area contributed by atoms with E-state index in [9.17, 15) is 9.59 Å². The Bertz CT molecular complexity index is 1050. The van der Waals surface area contributed by atoms with Gasteiger partial charge in [0.15, 0.2) is 0 Å². The Hall–Kier alpha value is -1.97. The molecular weight excluding hydrogens is 460 g/mol. The minimum absolute atomic E-state index is 0.0787. The Labute approximate surface area is 179 Å². The van der Waals surface area contributed by atoms with E-state index in [0.29, 0.717) is 0 Å². The fourth-order valence-electron chi connectivity index (χ4n) is 2.59. The second-order valence-corrected chi connectivity index (χ2v) is 9.30. The van der Waals surface area contributed by atoms with Crippen LogP contribution in [-0.4, -0.2) is 34.1 Å². The number of halogens is 1. The van der Waals surface area contributed by atoms with Crippen molar-refractivity contribution in [3.8, 4) is 0 Å². The van der Waals surface area contributed by atoms with Crippen LogP contribution in [0.4, 0.5) is 5.69 Å². The Kier molecular flexibility index (Phi) is 6.69. The summed E-state index contributed by atoms with van der Waals surface area (Å²) in [6.45, 7) is 5.92. The van der Waals surface area contributed by atoms with E-state index < -0.39 is 0 Å². The summed E-state index contributed by atoms with van der Waals surface area (Å²) in [4.78, 5) is 35.0. The molecule has 0 fully saturated rings. The van der Waals surface area contributed by atoms with E-state index >= 15 is 0 Å². The van der Waals surface area contributed by atoms with Crippen LogP contribution in [0.25, 0.3) is 10.2 Å². The van der Waals surface area contributed by atoms with Gasteiger partial charge in [0.25, 0.3) is 0 Å². The first-order chi connectivity index (χ1) is 13.3. The maximum atomic E-state index is 12.2. The molecule has 0 aliphatic heterocycles. The minimum atomic E-state index is -0.266. The van der Waals surface area contributed by atoms with E-state index in [-0.39, 0.29) is 24.1 Å². The normalized spacial score (nSPS) is 10.9. The summed E-state index contributed by atoms with van der Waals surface area (Å²) in [6.07, 6.45) is 1.52. The van der Waals surface area contributed by atoms with Crippen LogP contribution in [0.15, 0.2) is 34.0 Å². The highest BCUT2D eigenvalue weighted by Crippen LogP contribution is 2.34. The van der Waals surface area contributed by atoms with Gasteiger partial charge in [0.05, 0.1) is 12.3 Å². The van der Waals surface area contributed by atoms with Gasteiger partial charge in [0, 0.05) is 20.4 Å². The highest BCUT2D eigenvalue weighted by Gasteiger charge is 2.14. The molecular formula is C19H19BrN4O2S2. The standard InChI is InChI=1S/C19H19BrN4O2S2/c1-10-6-13(20)4-5-14(10)24-15(25)7-21-16(26)8-27-18-17-11(2)12(3)28-19(17)23-9-22-18/h4-6,9H,7-8H2,1-3H3,(H,21,26)(H,24,25). The molecule has 0 aliphatic carbocycles. The number of anilines is 1. The van der Waals surface area contributed by atoms with Crippen LogP contribution in [0, 0.1) is 20.8 Å². The molecule has 6 nitrogen and oxygen atoms in total. The molecule has 2 amide bonds. The van der Waals surface area contributed by atoms with Gasteiger partial charge in [-0.05, 0) is 50.1 Å². The van der Waals surface area contributed by atoms with Crippen molar-refractivity contribution < 1.29 is 9.59 Å². The zero-order chi connectivity index (χ0) is 20.3. The predicted octanol–water partition coefficient (Wildman–Crippen LogP) is 4.23. The molecule has 2 heterocycles. The molecule has 2 N–H and O–H groups in total. The number of nitrogens with one attached hydrogen (secondary N) is 2. The number of carbonyl (C=O) groups is 2. The lowest BCUT2D eigenvalue weighted by Gasteiger charge is -2.09. The molecule has 0 unspecified atom stereocenters. The summed E-state index contributed by atoms with van der Waals surface area (Å²) in [5, 5.41) is 7.24. The van der Waals surface area contributed by atoms with Crippen LogP contribution in [0.5, 0.6) is 0 Å². The number of aryl methyl sites for hydroxylation is 3. The van der Waals surface area contributed by atoms with Crippen LogP contribution in [0.3, 0.4) is 0 Å². The average molecular weight is 479 g/mol. The monoisotopic (exact) mass is 478 g/mol. The quantitative estimate of drug-likeness (QED) is 0.409. The van der Waals surface area contributed by atoms with Crippen molar-refractivity contribution in [3.63, 3.8) is 0 Å². The van der Waals surface area contributed by atoms with Crippen LogP contribution in [0.2, 0.25) is 0 Å². The maximum Gasteiger partial charge on any atom is 0.243 e. The first kappa shape index (κ1) is 20.8. The van der Waals surface area contributed by atoms with Gasteiger partial charge in [-0.15, -0.1) is 11.3 Å². The molecule has 146 valence electrons. The number of carbonyl (C=O) groups excluding carboxylic acids is 2. The van der Waals surface area contributed by atoms with Crippen molar-refractivity contribution in [3.05, 3.63) is 45.0 Å². The van der Waals surface area contributed by atoms with Gasteiger partial charge in [-0.3, -0.25) is 9.59 Å². The van der Waals surface area contributed by atoms with Gasteiger partial charge in [-0.2, -0.15) is 0 Å². The summed E-state index contributed by atoms with van der Waals surface area (Å²) in [5.41, 5.74) is 2.81. The zero-order valence-corrected chi connectivity index (χ0v) is 18.8. The summed E-state index contributed by atoms with van der Waals surface area (Å²) >= 11 is 6.36. The fourth-order valence-corrected chi connectivity index (χ4v) is 5.01. The largest absolute Gasteiger partial charge is 0.346 e. The number of hydrogen-bond acceptors (Lipinski definition) is 6. The van der Waals surface area contributed by atoms with Gasteiger partial charge in [-0.1, -0.05) is 27.7 Å². The van der Waals surface area contributed by atoms with Gasteiger partial charge >= 0.3 is 0 Å². The number of hydrogen-bond donors (Lipinski definition) is 2. The summed E-state index contributed by atoms with van der Waals surface area (Å²) in [6, 6.07) is 5.59. The third-order valence-electron chi connectivity index (χ3n) is 4.18. The van der Waals surface area contributed by atoms with Crippen molar-refractivity contribution in [1.82, 2.24) is 15.3 Å². The van der Waals surface area contributed by atoms with E-state index in [0.717, 1.165) is 36.5 Å². The Balaban J connectivity index is 1.53. The topological polar surface area (TPSA) is 84.0 Å².